The quantitative estimate of drug-likeness (QED) is 0.658. The van der Waals surface area contributed by atoms with E-state index in [1.165, 1.54) is 32.1 Å². The molecule has 1 aliphatic carbocycles. The Hall–Kier alpha value is -0.0800. The molecular weight excluding hydrogens is 172 g/mol. The summed E-state index contributed by atoms with van der Waals surface area (Å²) < 4.78 is 0. The second-order valence-corrected chi connectivity index (χ2v) is 4.77. The standard InChI is InChI=1S/C12H26N2/c1-3-10(2)12(9-13)14-8-7-11-5-4-6-11/h10-12,14H,3-9,13H2,1-2H3. The van der Waals surface area contributed by atoms with Gasteiger partial charge in [0.2, 0.25) is 0 Å². The molecule has 0 aromatic rings. The Balaban J connectivity index is 2.06. The molecule has 1 rings (SSSR count). The summed E-state index contributed by atoms with van der Waals surface area (Å²) in [6.45, 7) is 6.46. The number of rotatable bonds is 7. The van der Waals surface area contributed by atoms with E-state index in [4.69, 9.17) is 5.73 Å². The molecule has 84 valence electrons. The van der Waals surface area contributed by atoms with Crippen LogP contribution in [0, 0.1) is 11.8 Å². The van der Waals surface area contributed by atoms with Gasteiger partial charge in [-0.05, 0) is 24.8 Å². The average Bonchev–Trinajstić information content (AvgIpc) is 2.14. The van der Waals surface area contributed by atoms with Crippen molar-refractivity contribution in [1.29, 1.82) is 0 Å². The van der Waals surface area contributed by atoms with Crippen molar-refractivity contribution in [2.75, 3.05) is 13.1 Å². The molecule has 0 amide bonds. The Bertz CT molecular complexity index is 143. The van der Waals surface area contributed by atoms with E-state index in [2.05, 4.69) is 19.2 Å². The molecule has 0 aromatic heterocycles. The fraction of sp³-hybridized carbons (Fsp3) is 1.00. The number of hydrogen-bond donors (Lipinski definition) is 2. The highest BCUT2D eigenvalue weighted by Gasteiger charge is 2.18. The van der Waals surface area contributed by atoms with Crippen LogP contribution in [-0.4, -0.2) is 19.1 Å². The predicted octanol–water partition coefficient (Wildman–Crippen LogP) is 2.14. The van der Waals surface area contributed by atoms with Gasteiger partial charge >= 0.3 is 0 Å². The van der Waals surface area contributed by atoms with Crippen LogP contribution >= 0.6 is 0 Å². The van der Waals surface area contributed by atoms with Gasteiger partial charge in [0.25, 0.3) is 0 Å². The summed E-state index contributed by atoms with van der Waals surface area (Å²) in [6.07, 6.45) is 6.94. The van der Waals surface area contributed by atoms with Crippen LogP contribution in [0.25, 0.3) is 0 Å². The minimum absolute atomic E-state index is 0.528. The smallest absolute Gasteiger partial charge is 0.0215 e. The van der Waals surface area contributed by atoms with Gasteiger partial charge in [0.1, 0.15) is 0 Å². The molecule has 2 heteroatoms. The zero-order valence-electron chi connectivity index (χ0n) is 9.76. The lowest BCUT2D eigenvalue weighted by Gasteiger charge is -2.28. The molecule has 0 heterocycles. The molecule has 1 aliphatic rings. The molecule has 3 N–H and O–H groups in total. The lowest BCUT2D eigenvalue weighted by atomic mass is 9.83. The highest BCUT2D eigenvalue weighted by molar-refractivity contribution is 4.75. The van der Waals surface area contributed by atoms with Gasteiger partial charge in [-0.1, -0.05) is 39.5 Å². The van der Waals surface area contributed by atoms with Gasteiger partial charge in [-0.15, -0.1) is 0 Å². The third-order valence-corrected chi connectivity index (χ3v) is 3.77. The first-order chi connectivity index (χ1) is 6.77. The fourth-order valence-electron chi connectivity index (χ4n) is 2.06. The predicted molar refractivity (Wildman–Crippen MR) is 62.3 cm³/mol. The second kappa shape index (κ2) is 6.41. The Kier molecular flexibility index (Phi) is 5.49. The molecule has 0 aromatic carbocycles. The van der Waals surface area contributed by atoms with Gasteiger partial charge in [-0.2, -0.15) is 0 Å². The van der Waals surface area contributed by atoms with Gasteiger partial charge in [0.05, 0.1) is 0 Å². The topological polar surface area (TPSA) is 38.0 Å². The van der Waals surface area contributed by atoms with Crippen molar-refractivity contribution in [3.05, 3.63) is 0 Å². The third kappa shape index (κ3) is 3.58. The zero-order valence-corrected chi connectivity index (χ0v) is 9.76. The van der Waals surface area contributed by atoms with Crippen molar-refractivity contribution in [2.24, 2.45) is 17.6 Å². The van der Waals surface area contributed by atoms with Crippen LogP contribution < -0.4 is 11.1 Å². The van der Waals surface area contributed by atoms with Crippen LogP contribution in [-0.2, 0) is 0 Å². The van der Waals surface area contributed by atoms with Crippen LogP contribution in [0.4, 0.5) is 0 Å². The van der Waals surface area contributed by atoms with Crippen molar-refractivity contribution in [3.63, 3.8) is 0 Å². The van der Waals surface area contributed by atoms with E-state index in [0.29, 0.717) is 12.0 Å². The molecule has 2 atom stereocenters. The van der Waals surface area contributed by atoms with Crippen molar-refractivity contribution in [3.8, 4) is 0 Å². The maximum Gasteiger partial charge on any atom is 0.0215 e. The Morgan fingerprint density at radius 3 is 2.57 bits per heavy atom. The molecule has 0 aliphatic heterocycles. The first-order valence-corrected chi connectivity index (χ1v) is 6.21. The third-order valence-electron chi connectivity index (χ3n) is 3.77. The zero-order chi connectivity index (χ0) is 10.4. The molecule has 1 fully saturated rings. The van der Waals surface area contributed by atoms with E-state index < -0.39 is 0 Å². The summed E-state index contributed by atoms with van der Waals surface area (Å²) in [5.74, 6) is 1.72. The minimum Gasteiger partial charge on any atom is -0.329 e. The average molecular weight is 198 g/mol. The van der Waals surface area contributed by atoms with Gasteiger partial charge in [-0.3, -0.25) is 0 Å². The van der Waals surface area contributed by atoms with Gasteiger partial charge in [0.15, 0.2) is 0 Å². The highest BCUT2D eigenvalue weighted by Crippen LogP contribution is 2.28. The van der Waals surface area contributed by atoms with Crippen LogP contribution in [0.1, 0.15) is 46.0 Å². The van der Waals surface area contributed by atoms with Crippen LogP contribution in [0.2, 0.25) is 0 Å². The van der Waals surface area contributed by atoms with Crippen LogP contribution in [0.5, 0.6) is 0 Å². The first kappa shape index (κ1) is 12.0. The number of nitrogens with one attached hydrogen (secondary N) is 1. The van der Waals surface area contributed by atoms with Crippen molar-refractivity contribution in [1.82, 2.24) is 5.32 Å². The highest BCUT2D eigenvalue weighted by atomic mass is 14.9. The molecule has 0 bridgehead atoms. The summed E-state index contributed by atoms with van der Waals surface area (Å²) in [7, 11) is 0. The SMILES string of the molecule is CCC(C)C(CN)NCCC1CCC1. The first-order valence-electron chi connectivity index (χ1n) is 6.21. The van der Waals surface area contributed by atoms with Crippen LogP contribution in [0.15, 0.2) is 0 Å². The molecule has 2 unspecified atom stereocenters. The van der Waals surface area contributed by atoms with Crippen molar-refractivity contribution in [2.45, 2.75) is 52.0 Å². The van der Waals surface area contributed by atoms with E-state index in [1.807, 2.05) is 0 Å². The largest absolute Gasteiger partial charge is 0.329 e. The monoisotopic (exact) mass is 198 g/mol. The number of hydrogen-bond acceptors (Lipinski definition) is 2. The Morgan fingerprint density at radius 2 is 2.14 bits per heavy atom. The normalized spacial score (nSPS) is 21.6. The van der Waals surface area contributed by atoms with Gasteiger partial charge in [-0.25, -0.2) is 0 Å². The minimum atomic E-state index is 0.528. The molecule has 0 radical (unpaired) electrons. The van der Waals surface area contributed by atoms with Crippen molar-refractivity contribution < 1.29 is 0 Å². The molecule has 14 heavy (non-hydrogen) atoms. The summed E-state index contributed by atoms with van der Waals surface area (Å²) in [6, 6.07) is 0.528. The lowest BCUT2D eigenvalue weighted by molar-refractivity contribution is 0.277. The molecule has 0 saturated heterocycles. The molecule has 1 saturated carbocycles. The second-order valence-electron chi connectivity index (χ2n) is 4.77. The van der Waals surface area contributed by atoms with Gasteiger partial charge in [0, 0.05) is 12.6 Å². The maximum absolute atomic E-state index is 5.75. The Morgan fingerprint density at radius 1 is 1.43 bits per heavy atom. The molecule has 0 spiro atoms. The van der Waals surface area contributed by atoms with E-state index in [9.17, 15) is 0 Å². The summed E-state index contributed by atoms with van der Waals surface area (Å²) in [4.78, 5) is 0. The van der Waals surface area contributed by atoms with Crippen LogP contribution in [0.3, 0.4) is 0 Å². The van der Waals surface area contributed by atoms with Gasteiger partial charge < -0.3 is 11.1 Å². The van der Waals surface area contributed by atoms with E-state index >= 15 is 0 Å². The Labute approximate surface area is 88.6 Å². The maximum atomic E-state index is 5.75. The van der Waals surface area contributed by atoms with Crippen molar-refractivity contribution >= 4 is 0 Å². The molecular formula is C12H26N2. The fourth-order valence-corrected chi connectivity index (χ4v) is 2.06. The number of nitrogens with two attached hydrogens (primary N) is 1. The summed E-state index contributed by atoms with van der Waals surface area (Å²) in [5, 5.41) is 3.59. The lowest BCUT2D eigenvalue weighted by Crippen LogP contribution is -2.42. The van der Waals surface area contributed by atoms with E-state index in [1.54, 1.807) is 0 Å². The summed E-state index contributed by atoms with van der Waals surface area (Å²) in [5.41, 5.74) is 5.75. The summed E-state index contributed by atoms with van der Waals surface area (Å²) >= 11 is 0. The van der Waals surface area contributed by atoms with E-state index in [-0.39, 0.29) is 0 Å². The molecule has 2 nitrogen and oxygen atoms in total. The van der Waals surface area contributed by atoms with E-state index in [0.717, 1.165) is 19.0 Å².